The Hall–Kier alpha value is -2.83. The van der Waals surface area contributed by atoms with Gasteiger partial charge in [0.15, 0.2) is 5.69 Å². The van der Waals surface area contributed by atoms with Crippen molar-refractivity contribution < 1.29 is 13.2 Å². The van der Waals surface area contributed by atoms with Crippen molar-refractivity contribution in [3.05, 3.63) is 58.9 Å². The topological polar surface area (TPSA) is 46.5 Å². The van der Waals surface area contributed by atoms with Crippen LogP contribution in [0.25, 0.3) is 21.8 Å². The minimum absolute atomic E-state index is 0.191. The molecule has 1 N–H and O–H groups in total. The lowest BCUT2D eigenvalue weighted by atomic mass is 9.82. The van der Waals surface area contributed by atoms with Crippen LogP contribution in [0.15, 0.2) is 36.4 Å². The number of halogens is 3. The van der Waals surface area contributed by atoms with Gasteiger partial charge in [-0.05, 0) is 35.6 Å². The second kappa shape index (κ2) is 6.84. The summed E-state index contributed by atoms with van der Waals surface area (Å²) in [6.45, 7) is 12.1. The maximum absolute atomic E-state index is 14.0. The fourth-order valence-corrected chi connectivity index (χ4v) is 4.43. The predicted octanol–water partition coefficient (Wildman–Crippen LogP) is 6.52. The summed E-state index contributed by atoms with van der Waals surface area (Å²) in [6.07, 6.45) is -4.53. The van der Waals surface area contributed by atoms with E-state index in [2.05, 4.69) is 15.3 Å². The van der Waals surface area contributed by atoms with Gasteiger partial charge in [-0.25, -0.2) is 0 Å². The number of fused-ring (bicyclic) bond motifs is 2. The van der Waals surface area contributed by atoms with Gasteiger partial charge < -0.3 is 0 Å². The molecule has 0 aliphatic heterocycles. The molecule has 2 aromatic carbocycles. The number of hydrogen-bond acceptors (Lipinski definition) is 2. The molecular weight excluding hydrogens is 401 g/mol. The van der Waals surface area contributed by atoms with Gasteiger partial charge in [-0.1, -0.05) is 58.9 Å². The van der Waals surface area contributed by atoms with Crippen LogP contribution in [0.5, 0.6) is 0 Å². The van der Waals surface area contributed by atoms with Gasteiger partial charge in [0.25, 0.3) is 0 Å². The molecule has 0 aliphatic rings. The van der Waals surface area contributed by atoms with Gasteiger partial charge in [0.2, 0.25) is 0 Å². The highest BCUT2D eigenvalue weighted by Crippen LogP contribution is 2.41. The monoisotopic (exact) mass is 428 g/mol. The summed E-state index contributed by atoms with van der Waals surface area (Å²) in [5.41, 5.74) is 2.23. The van der Waals surface area contributed by atoms with E-state index < -0.39 is 22.7 Å². The first kappa shape index (κ1) is 21.4. The molecule has 0 unspecified atom stereocenters. The van der Waals surface area contributed by atoms with Crippen LogP contribution in [0.1, 0.15) is 57.1 Å². The quantitative estimate of drug-likeness (QED) is 0.404. The molecule has 0 atom stereocenters. The van der Waals surface area contributed by atoms with Crippen molar-refractivity contribution in [3.63, 3.8) is 0 Å². The number of aryl methyl sites for hydroxylation is 1. The fourth-order valence-electron chi connectivity index (χ4n) is 4.43. The summed E-state index contributed by atoms with van der Waals surface area (Å²) >= 11 is 0. The summed E-state index contributed by atoms with van der Waals surface area (Å²) in [6, 6.07) is 11.2. The first-order valence-electron chi connectivity index (χ1n) is 10.3. The first-order chi connectivity index (χ1) is 14.3. The molecule has 4 nitrogen and oxygen atoms in total. The van der Waals surface area contributed by atoms with E-state index in [0.29, 0.717) is 17.6 Å². The summed E-state index contributed by atoms with van der Waals surface area (Å²) in [7, 11) is 0. The number of aromatic nitrogens is 4. The van der Waals surface area contributed by atoms with Crippen LogP contribution in [0.3, 0.4) is 0 Å². The highest BCUT2D eigenvalue weighted by molar-refractivity contribution is 5.88. The van der Waals surface area contributed by atoms with Gasteiger partial charge in [0, 0.05) is 16.2 Å². The molecule has 0 bridgehead atoms. The molecule has 164 valence electrons. The SMILES string of the molecule is Cc1n[nH]c2cccc(C(C)(C)Cn3nc(C(F)(F)F)c4c(C(C)(C)C)cccc43)c12. The van der Waals surface area contributed by atoms with E-state index in [-0.39, 0.29) is 5.39 Å². The highest BCUT2D eigenvalue weighted by atomic mass is 19.4. The average Bonchev–Trinajstić information content (AvgIpc) is 3.21. The molecule has 31 heavy (non-hydrogen) atoms. The molecule has 2 aromatic heterocycles. The Bertz CT molecular complexity index is 1270. The Balaban J connectivity index is 1.92. The van der Waals surface area contributed by atoms with Gasteiger partial charge in [0.05, 0.1) is 23.3 Å². The zero-order valence-corrected chi connectivity index (χ0v) is 18.6. The summed E-state index contributed by atoms with van der Waals surface area (Å²) in [4.78, 5) is 0. The fraction of sp³-hybridized carbons (Fsp3) is 0.417. The minimum Gasteiger partial charge on any atom is -0.278 e. The van der Waals surface area contributed by atoms with Crippen LogP contribution in [0.2, 0.25) is 0 Å². The van der Waals surface area contributed by atoms with Crippen molar-refractivity contribution in [2.24, 2.45) is 0 Å². The largest absolute Gasteiger partial charge is 0.435 e. The highest BCUT2D eigenvalue weighted by Gasteiger charge is 2.39. The lowest BCUT2D eigenvalue weighted by molar-refractivity contribution is -0.140. The molecule has 4 aromatic rings. The number of nitrogens with one attached hydrogen (secondary N) is 1. The number of rotatable bonds is 3. The average molecular weight is 429 g/mol. The van der Waals surface area contributed by atoms with Gasteiger partial charge in [-0.2, -0.15) is 23.4 Å². The van der Waals surface area contributed by atoms with Crippen molar-refractivity contribution in [1.82, 2.24) is 20.0 Å². The van der Waals surface area contributed by atoms with E-state index in [1.807, 2.05) is 65.8 Å². The van der Waals surface area contributed by atoms with Crippen molar-refractivity contribution in [2.45, 2.75) is 65.1 Å². The Morgan fingerprint density at radius 1 is 0.903 bits per heavy atom. The lowest BCUT2D eigenvalue weighted by Crippen LogP contribution is -2.26. The zero-order chi connectivity index (χ0) is 22.8. The molecule has 0 aliphatic carbocycles. The maximum Gasteiger partial charge on any atom is 0.435 e. The van der Waals surface area contributed by atoms with Crippen LogP contribution in [0.4, 0.5) is 13.2 Å². The first-order valence-corrected chi connectivity index (χ1v) is 10.3. The smallest absolute Gasteiger partial charge is 0.278 e. The summed E-state index contributed by atoms with van der Waals surface area (Å²) < 4.78 is 43.5. The number of H-pyrrole nitrogens is 1. The second-order valence-electron chi connectivity index (χ2n) is 9.87. The second-order valence-corrected chi connectivity index (χ2v) is 9.87. The normalized spacial score (nSPS) is 13.5. The van der Waals surface area contributed by atoms with Crippen LogP contribution >= 0.6 is 0 Å². The van der Waals surface area contributed by atoms with Gasteiger partial charge >= 0.3 is 6.18 Å². The van der Waals surface area contributed by atoms with E-state index in [9.17, 15) is 13.2 Å². The third-order valence-electron chi connectivity index (χ3n) is 5.90. The summed E-state index contributed by atoms with van der Waals surface area (Å²) in [5.74, 6) is 0. The van der Waals surface area contributed by atoms with Gasteiger partial charge in [-0.3, -0.25) is 9.78 Å². The number of alkyl halides is 3. The molecule has 0 spiro atoms. The molecule has 0 radical (unpaired) electrons. The standard InChI is InChI=1S/C24H27F3N4/c1-14-19-16(10-7-11-17(19)29-28-14)23(5,6)13-31-18-12-8-9-15(22(2,3)4)20(18)21(30-31)24(25,26)27/h7-12H,13H2,1-6H3,(H,28,29). The van der Waals surface area contributed by atoms with Crippen LogP contribution in [0, 0.1) is 6.92 Å². The van der Waals surface area contributed by atoms with Crippen molar-refractivity contribution in [1.29, 1.82) is 0 Å². The lowest BCUT2D eigenvalue weighted by Gasteiger charge is -2.27. The third-order valence-corrected chi connectivity index (χ3v) is 5.90. The predicted molar refractivity (Wildman–Crippen MR) is 117 cm³/mol. The molecule has 2 heterocycles. The molecule has 0 saturated heterocycles. The molecule has 7 heteroatoms. The molecule has 4 rings (SSSR count). The summed E-state index contributed by atoms with van der Waals surface area (Å²) in [5, 5.41) is 12.6. The van der Waals surface area contributed by atoms with E-state index in [1.165, 1.54) is 4.68 Å². The van der Waals surface area contributed by atoms with Crippen LogP contribution < -0.4 is 0 Å². The van der Waals surface area contributed by atoms with E-state index >= 15 is 0 Å². The Labute approximate surface area is 179 Å². The number of benzene rings is 2. The van der Waals surface area contributed by atoms with E-state index in [0.717, 1.165) is 22.2 Å². The molecular formula is C24H27F3N4. The minimum atomic E-state index is -4.53. The maximum atomic E-state index is 14.0. The van der Waals surface area contributed by atoms with Crippen LogP contribution in [-0.4, -0.2) is 20.0 Å². The molecule has 0 amide bonds. The molecule has 0 fully saturated rings. The zero-order valence-electron chi connectivity index (χ0n) is 18.6. The number of nitrogens with zero attached hydrogens (tertiary/aromatic N) is 3. The van der Waals surface area contributed by atoms with Crippen molar-refractivity contribution in [3.8, 4) is 0 Å². The molecule has 0 saturated carbocycles. The van der Waals surface area contributed by atoms with Crippen LogP contribution in [-0.2, 0) is 23.6 Å². The third kappa shape index (κ3) is 3.60. The Morgan fingerprint density at radius 3 is 2.19 bits per heavy atom. The number of aromatic amines is 1. The number of hydrogen-bond donors (Lipinski definition) is 1. The Kier molecular flexibility index (Phi) is 4.72. The van der Waals surface area contributed by atoms with E-state index in [4.69, 9.17) is 0 Å². The van der Waals surface area contributed by atoms with Crippen molar-refractivity contribution >= 4 is 21.8 Å². The van der Waals surface area contributed by atoms with E-state index in [1.54, 1.807) is 12.1 Å². The van der Waals surface area contributed by atoms with Crippen molar-refractivity contribution in [2.75, 3.05) is 0 Å². The van der Waals surface area contributed by atoms with Gasteiger partial charge in [0.1, 0.15) is 0 Å². The Morgan fingerprint density at radius 2 is 1.55 bits per heavy atom. The van der Waals surface area contributed by atoms with Gasteiger partial charge in [-0.15, -0.1) is 0 Å².